The standard InChI is InChI=1S/C26H38O9/c1-15(28)33-13-21(30)25(31)10-7-20-18-11-22(34-14-27)26(32)12-17(35-16(2)29)5-8-24(26,4)19(18)6-9-23(20,25)3/h14,17-20,22,31-32H,5-13H2,1-4H3/t17?,18?,19?,20?,22?,23-,24+,25-,26-/m0/s1. The van der Waals surface area contributed by atoms with Crippen LogP contribution >= 0.6 is 0 Å². The van der Waals surface area contributed by atoms with Gasteiger partial charge in [-0.05, 0) is 62.7 Å². The molecule has 196 valence electrons. The lowest BCUT2D eigenvalue weighted by molar-refractivity contribution is -0.271. The van der Waals surface area contributed by atoms with Gasteiger partial charge < -0.3 is 24.4 Å². The van der Waals surface area contributed by atoms with Crippen molar-refractivity contribution in [1.29, 1.82) is 0 Å². The van der Waals surface area contributed by atoms with Crippen molar-refractivity contribution in [1.82, 2.24) is 0 Å². The Morgan fingerprint density at radius 1 is 0.943 bits per heavy atom. The van der Waals surface area contributed by atoms with Crippen molar-refractivity contribution in [3.8, 4) is 0 Å². The molecule has 0 aliphatic heterocycles. The van der Waals surface area contributed by atoms with Gasteiger partial charge in [0, 0.05) is 31.1 Å². The van der Waals surface area contributed by atoms with Crippen molar-refractivity contribution in [2.45, 2.75) is 102 Å². The summed E-state index contributed by atoms with van der Waals surface area (Å²) in [6, 6.07) is 0. The first kappa shape index (κ1) is 26.1. The molecular weight excluding hydrogens is 456 g/mol. The molecule has 4 rings (SSSR count). The van der Waals surface area contributed by atoms with E-state index < -0.39 is 58.6 Å². The minimum Gasteiger partial charge on any atom is -0.462 e. The fourth-order valence-electron chi connectivity index (χ4n) is 8.55. The second kappa shape index (κ2) is 8.83. The third-order valence-electron chi connectivity index (χ3n) is 10.4. The molecule has 4 fully saturated rings. The monoisotopic (exact) mass is 494 g/mol. The molecule has 0 saturated heterocycles. The minimum absolute atomic E-state index is 0.0159. The number of carbonyl (C=O) groups excluding carboxylic acids is 4. The van der Waals surface area contributed by atoms with Crippen molar-refractivity contribution >= 4 is 24.2 Å². The van der Waals surface area contributed by atoms with E-state index in [1.54, 1.807) is 0 Å². The number of ether oxygens (including phenoxy) is 3. The normalized spacial score (nSPS) is 46.4. The number of esters is 2. The lowest BCUT2D eigenvalue weighted by Crippen LogP contribution is -2.70. The van der Waals surface area contributed by atoms with E-state index in [2.05, 4.69) is 0 Å². The Morgan fingerprint density at radius 3 is 2.20 bits per heavy atom. The fourth-order valence-corrected chi connectivity index (χ4v) is 8.55. The maximum atomic E-state index is 13.0. The van der Waals surface area contributed by atoms with Crippen LogP contribution in [0.5, 0.6) is 0 Å². The van der Waals surface area contributed by atoms with Gasteiger partial charge in [0.05, 0.1) is 0 Å². The van der Waals surface area contributed by atoms with Gasteiger partial charge in [-0.3, -0.25) is 19.2 Å². The van der Waals surface area contributed by atoms with E-state index in [1.807, 2.05) is 13.8 Å². The Bertz CT molecular complexity index is 903. The summed E-state index contributed by atoms with van der Waals surface area (Å²) in [5.41, 5.74) is -4.23. The molecule has 4 saturated carbocycles. The van der Waals surface area contributed by atoms with E-state index in [0.717, 1.165) is 0 Å². The topological polar surface area (TPSA) is 136 Å². The molecule has 9 nitrogen and oxygen atoms in total. The van der Waals surface area contributed by atoms with Crippen molar-refractivity contribution < 1.29 is 43.6 Å². The molecule has 0 aromatic carbocycles. The summed E-state index contributed by atoms with van der Waals surface area (Å²) in [4.78, 5) is 47.4. The maximum Gasteiger partial charge on any atom is 0.303 e. The third-order valence-corrected chi connectivity index (χ3v) is 10.4. The van der Waals surface area contributed by atoms with E-state index in [9.17, 15) is 29.4 Å². The lowest BCUT2D eigenvalue weighted by atomic mass is 9.42. The fraction of sp³-hybridized carbons (Fsp3) is 0.846. The molecule has 0 spiro atoms. The van der Waals surface area contributed by atoms with E-state index in [-0.39, 0.29) is 30.6 Å². The molecule has 0 aromatic heterocycles. The van der Waals surface area contributed by atoms with Crippen LogP contribution in [0.3, 0.4) is 0 Å². The van der Waals surface area contributed by atoms with Crippen LogP contribution in [0.2, 0.25) is 0 Å². The van der Waals surface area contributed by atoms with Gasteiger partial charge in [-0.1, -0.05) is 13.8 Å². The summed E-state index contributed by atoms with van der Waals surface area (Å²) in [6.45, 7) is 6.49. The number of fused-ring (bicyclic) bond motifs is 5. The van der Waals surface area contributed by atoms with Crippen LogP contribution in [0.4, 0.5) is 0 Å². The predicted molar refractivity (Wildman–Crippen MR) is 122 cm³/mol. The molecule has 9 atom stereocenters. The predicted octanol–water partition coefficient (Wildman–Crippen LogP) is 2.09. The van der Waals surface area contributed by atoms with Crippen LogP contribution in [0.15, 0.2) is 0 Å². The van der Waals surface area contributed by atoms with Gasteiger partial charge in [0.25, 0.3) is 6.47 Å². The highest BCUT2D eigenvalue weighted by Gasteiger charge is 2.71. The average molecular weight is 495 g/mol. The maximum absolute atomic E-state index is 13.0. The first-order valence-electron chi connectivity index (χ1n) is 12.7. The average Bonchev–Trinajstić information content (AvgIpc) is 3.05. The minimum atomic E-state index is -1.60. The summed E-state index contributed by atoms with van der Waals surface area (Å²) in [6.07, 6.45) is 2.83. The molecule has 35 heavy (non-hydrogen) atoms. The zero-order valence-corrected chi connectivity index (χ0v) is 21.1. The highest BCUT2D eigenvalue weighted by atomic mass is 16.6. The number of hydrogen-bond donors (Lipinski definition) is 2. The third kappa shape index (κ3) is 3.80. The molecular formula is C26H38O9. The van der Waals surface area contributed by atoms with Crippen LogP contribution < -0.4 is 0 Å². The molecule has 0 amide bonds. The molecule has 0 aromatic rings. The van der Waals surface area contributed by atoms with Gasteiger partial charge in [0.1, 0.15) is 23.4 Å². The number of Topliss-reactive ketones (excluding diaryl/α,β-unsaturated/α-hetero) is 1. The van der Waals surface area contributed by atoms with Crippen molar-refractivity contribution in [2.75, 3.05) is 6.61 Å². The molecule has 0 radical (unpaired) electrons. The van der Waals surface area contributed by atoms with Crippen LogP contribution in [-0.4, -0.2) is 64.4 Å². The largest absolute Gasteiger partial charge is 0.462 e. The lowest BCUT2D eigenvalue weighted by Gasteiger charge is -2.65. The van der Waals surface area contributed by atoms with Gasteiger partial charge in [-0.2, -0.15) is 0 Å². The van der Waals surface area contributed by atoms with Crippen LogP contribution in [0.1, 0.15) is 79.1 Å². The Kier molecular flexibility index (Phi) is 6.58. The number of hydrogen-bond acceptors (Lipinski definition) is 9. The number of rotatable bonds is 6. The summed E-state index contributed by atoms with van der Waals surface area (Å²) >= 11 is 0. The molecule has 5 unspecified atom stereocenters. The number of aliphatic hydroxyl groups is 2. The SMILES string of the molecule is CC(=O)OCC(=O)[C@@]1(O)CCC2C3CC(OC=O)[C@@]4(O)CC(OC(C)=O)CC[C@]4(C)C3CC[C@@]21C. The Balaban J connectivity index is 1.65. The zero-order valence-electron chi connectivity index (χ0n) is 21.1. The van der Waals surface area contributed by atoms with Gasteiger partial charge in [0.15, 0.2) is 6.61 Å². The van der Waals surface area contributed by atoms with Gasteiger partial charge in [-0.15, -0.1) is 0 Å². The van der Waals surface area contributed by atoms with Crippen molar-refractivity contribution in [3.05, 3.63) is 0 Å². The Hall–Kier alpha value is -2.00. The van der Waals surface area contributed by atoms with Crippen molar-refractivity contribution in [2.24, 2.45) is 28.6 Å². The van der Waals surface area contributed by atoms with Crippen LogP contribution in [-0.2, 0) is 33.4 Å². The molecule has 9 heteroatoms. The van der Waals surface area contributed by atoms with E-state index in [4.69, 9.17) is 14.2 Å². The summed E-state index contributed by atoms with van der Waals surface area (Å²) in [7, 11) is 0. The molecule has 2 N–H and O–H groups in total. The molecule has 4 aliphatic carbocycles. The number of carbonyl (C=O) groups is 4. The smallest absolute Gasteiger partial charge is 0.303 e. The zero-order chi connectivity index (χ0) is 25.8. The van der Waals surface area contributed by atoms with Gasteiger partial charge in [0.2, 0.25) is 5.78 Å². The second-order valence-corrected chi connectivity index (χ2v) is 11.7. The quantitative estimate of drug-likeness (QED) is 0.323. The van der Waals surface area contributed by atoms with Crippen LogP contribution in [0, 0.1) is 28.6 Å². The Morgan fingerprint density at radius 2 is 1.57 bits per heavy atom. The van der Waals surface area contributed by atoms with Gasteiger partial charge in [-0.25, -0.2) is 0 Å². The first-order chi connectivity index (χ1) is 16.3. The van der Waals surface area contributed by atoms with E-state index in [1.165, 1.54) is 13.8 Å². The molecule has 4 aliphatic rings. The summed E-state index contributed by atoms with van der Waals surface area (Å²) < 4.78 is 15.9. The molecule has 0 heterocycles. The van der Waals surface area contributed by atoms with Gasteiger partial charge >= 0.3 is 11.9 Å². The van der Waals surface area contributed by atoms with Crippen molar-refractivity contribution in [3.63, 3.8) is 0 Å². The second-order valence-electron chi connectivity index (χ2n) is 11.7. The Labute approximate surface area is 205 Å². The summed E-state index contributed by atoms with van der Waals surface area (Å²) in [5.74, 6) is -1.33. The highest BCUT2D eigenvalue weighted by molar-refractivity contribution is 5.90. The van der Waals surface area contributed by atoms with E-state index in [0.29, 0.717) is 45.0 Å². The van der Waals surface area contributed by atoms with Crippen LogP contribution in [0.25, 0.3) is 0 Å². The first-order valence-corrected chi connectivity index (χ1v) is 12.7. The highest BCUT2D eigenvalue weighted by Crippen LogP contribution is 2.69. The molecule has 0 bridgehead atoms. The van der Waals surface area contributed by atoms with E-state index >= 15 is 0 Å². The number of ketones is 1. The summed E-state index contributed by atoms with van der Waals surface area (Å²) in [5, 5.41) is 23.7.